The maximum atomic E-state index is 10.1. The molecule has 2 rings (SSSR count). The standard InChI is InChI=1S/C7H12O3/c1-7(8)4-10-6-5(7)2-3-9-6/h5-6,8H,2-4H2,1H3/t5-,6-,7+/m1/s1/i2D2,3D2,4D2,5D,6D. The highest BCUT2D eigenvalue weighted by atomic mass is 16.7. The Kier molecular flexibility index (Phi) is 0.423. The van der Waals surface area contributed by atoms with Crippen LogP contribution in [0.2, 0.25) is 0 Å². The lowest BCUT2D eigenvalue weighted by Gasteiger charge is -2.19. The van der Waals surface area contributed by atoms with Crippen LogP contribution < -0.4 is 0 Å². The summed E-state index contributed by atoms with van der Waals surface area (Å²) in [4.78, 5) is 0. The van der Waals surface area contributed by atoms with Gasteiger partial charge in [0, 0.05) is 10.0 Å². The van der Waals surface area contributed by atoms with Gasteiger partial charge in [-0.2, -0.15) is 0 Å². The van der Waals surface area contributed by atoms with Crippen molar-refractivity contribution in [1.29, 1.82) is 0 Å². The third-order valence-electron chi connectivity index (χ3n) is 1.35. The Balaban J connectivity index is 2.72. The summed E-state index contributed by atoms with van der Waals surface area (Å²) in [5, 5.41) is 10.1. The Morgan fingerprint density at radius 1 is 1.80 bits per heavy atom. The van der Waals surface area contributed by atoms with Crippen LogP contribution in [0.4, 0.5) is 0 Å². The molecule has 0 radical (unpaired) electrons. The second-order valence-electron chi connectivity index (χ2n) is 2.27. The van der Waals surface area contributed by atoms with Crippen LogP contribution in [-0.2, 0) is 9.47 Å². The minimum absolute atomic E-state index is 0.791. The highest BCUT2D eigenvalue weighted by Crippen LogP contribution is 2.37. The van der Waals surface area contributed by atoms with E-state index in [4.69, 9.17) is 11.0 Å². The molecule has 2 heterocycles. The predicted octanol–water partition coefficient (Wildman–Crippen LogP) is 0.130. The molecule has 0 spiro atoms. The molecule has 2 aliphatic heterocycles. The second-order valence-corrected chi connectivity index (χ2v) is 2.27. The van der Waals surface area contributed by atoms with Gasteiger partial charge in [0.1, 0.15) is 0 Å². The van der Waals surface area contributed by atoms with Gasteiger partial charge in [-0.05, 0) is 13.3 Å². The molecule has 0 aromatic carbocycles. The zero-order valence-electron chi connectivity index (χ0n) is 13.3. The third-order valence-corrected chi connectivity index (χ3v) is 1.35. The van der Waals surface area contributed by atoms with Gasteiger partial charge in [0.05, 0.1) is 25.6 Å². The van der Waals surface area contributed by atoms with E-state index in [1.807, 2.05) is 0 Å². The topological polar surface area (TPSA) is 38.7 Å². The highest BCUT2D eigenvalue weighted by Gasteiger charge is 2.48. The van der Waals surface area contributed by atoms with Crippen molar-refractivity contribution in [2.45, 2.75) is 25.2 Å². The molecule has 3 heteroatoms. The lowest BCUT2D eigenvalue weighted by molar-refractivity contribution is -0.0911. The number of fused-ring (bicyclic) bond motifs is 1. The maximum absolute atomic E-state index is 10.1. The van der Waals surface area contributed by atoms with Crippen molar-refractivity contribution in [1.82, 2.24) is 0 Å². The van der Waals surface area contributed by atoms with Crippen molar-refractivity contribution in [2.24, 2.45) is 5.89 Å². The second kappa shape index (κ2) is 1.94. The van der Waals surface area contributed by atoms with E-state index < -0.39 is 37.3 Å². The number of hydrogen-bond donors (Lipinski definition) is 1. The van der Waals surface area contributed by atoms with Crippen molar-refractivity contribution >= 4 is 0 Å². The number of aliphatic hydroxyl groups is 1. The van der Waals surface area contributed by atoms with E-state index in [1.54, 1.807) is 0 Å². The summed E-state index contributed by atoms with van der Waals surface area (Å²) in [5.41, 5.74) is -2.77. The monoisotopic (exact) mass is 152 g/mol. The maximum Gasteiger partial charge on any atom is 0.163 e. The summed E-state index contributed by atoms with van der Waals surface area (Å²) in [6.07, 6.45) is -6.12. The van der Waals surface area contributed by atoms with E-state index in [0.717, 1.165) is 6.92 Å². The summed E-state index contributed by atoms with van der Waals surface area (Å²) >= 11 is 0. The van der Waals surface area contributed by atoms with Crippen LogP contribution in [0.25, 0.3) is 0 Å². The van der Waals surface area contributed by atoms with Gasteiger partial charge in [0.15, 0.2) is 6.27 Å². The first-order valence-electron chi connectivity index (χ1n) is 6.79. The minimum atomic E-state index is -3.14. The van der Waals surface area contributed by atoms with Gasteiger partial charge >= 0.3 is 0 Å². The van der Waals surface area contributed by atoms with Crippen molar-refractivity contribution in [2.75, 3.05) is 13.1 Å². The molecule has 2 aliphatic rings. The molecule has 58 valence electrons. The fourth-order valence-electron chi connectivity index (χ4n) is 0.814. The molecule has 0 saturated carbocycles. The molecular formula is C7H12O3. The summed E-state index contributed by atoms with van der Waals surface area (Å²) in [7, 11) is 0. The Morgan fingerprint density at radius 2 is 2.60 bits per heavy atom. The fourth-order valence-corrected chi connectivity index (χ4v) is 0.814. The largest absolute Gasteiger partial charge is 0.387 e. The molecular weight excluding hydrogens is 132 g/mol. The van der Waals surface area contributed by atoms with Gasteiger partial charge in [-0.25, -0.2) is 0 Å². The fraction of sp³-hybridized carbons (Fsp3) is 1.00. The predicted molar refractivity (Wildman–Crippen MR) is 34.4 cm³/mol. The normalized spacial score (nSPS) is 95.0. The first-order valence-corrected chi connectivity index (χ1v) is 2.79. The van der Waals surface area contributed by atoms with E-state index in [0.29, 0.717) is 0 Å². The molecule has 3 nitrogen and oxygen atoms in total. The Morgan fingerprint density at radius 3 is 3.30 bits per heavy atom. The Hall–Kier alpha value is -0.120. The number of hydrogen-bond acceptors (Lipinski definition) is 3. The van der Waals surface area contributed by atoms with Crippen LogP contribution in [0.3, 0.4) is 0 Å². The lowest BCUT2D eigenvalue weighted by atomic mass is 9.91. The Bertz CT molecular complexity index is 375. The summed E-state index contributed by atoms with van der Waals surface area (Å²) in [6, 6.07) is 0. The SMILES string of the molecule is [2H]C1([2H])O[C@]2([2H])OC([2H])([2H])[C@](C)(O)[C@]2([2H])C1([2H])[2H]. The average Bonchev–Trinajstić information content (AvgIpc) is 2.27. The highest BCUT2D eigenvalue weighted by molar-refractivity contribution is 4.92. The molecule has 2 saturated heterocycles. The van der Waals surface area contributed by atoms with E-state index >= 15 is 0 Å². The first-order chi connectivity index (χ1) is 7.66. The molecule has 0 aliphatic carbocycles. The van der Waals surface area contributed by atoms with Crippen LogP contribution in [0.5, 0.6) is 0 Å². The molecule has 0 bridgehead atoms. The molecule has 0 aromatic rings. The van der Waals surface area contributed by atoms with Gasteiger partial charge in [0.2, 0.25) is 0 Å². The van der Waals surface area contributed by atoms with Gasteiger partial charge in [-0.1, -0.05) is 0 Å². The van der Waals surface area contributed by atoms with Crippen molar-refractivity contribution in [3.05, 3.63) is 0 Å². The van der Waals surface area contributed by atoms with Crippen molar-refractivity contribution in [3.8, 4) is 0 Å². The number of rotatable bonds is 0. The van der Waals surface area contributed by atoms with Gasteiger partial charge in [-0.3, -0.25) is 0 Å². The molecule has 1 N–H and O–H groups in total. The first kappa shape index (κ1) is 2.19. The molecule has 0 amide bonds. The van der Waals surface area contributed by atoms with E-state index in [-0.39, 0.29) is 0 Å². The van der Waals surface area contributed by atoms with Crippen molar-refractivity contribution in [3.63, 3.8) is 0 Å². The van der Waals surface area contributed by atoms with Crippen LogP contribution in [0.1, 0.15) is 24.3 Å². The van der Waals surface area contributed by atoms with E-state index in [2.05, 4.69) is 9.47 Å². The zero-order valence-corrected chi connectivity index (χ0v) is 5.26. The van der Waals surface area contributed by atoms with Crippen LogP contribution >= 0.6 is 0 Å². The zero-order chi connectivity index (χ0) is 14.4. The molecule has 10 heavy (non-hydrogen) atoms. The van der Waals surface area contributed by atoms with Gasteiger partial charge in [0.25, 0.3) is 0 Å². The Labute approximate surface area is 71.2 Å². The van der Waals surface area contributed by atoms with Gasteiger partial charge in [-0.15, -0.1) is 0 Å². The summed E-state index contributed by atoms with van der Waals surface area (Å²) in [5.74, 6) is -2.99. The number of ether oxygens (including phenoxy) is 2. The third kappa shape index (κ3) is 0.779. The smallest absolute Gasteiger partial charge is 0.163 e. The lowest BCUT2D eigenvalue weighted by Crippen LogP contribution is -2.33. The van der Waals surface area contributed by atoms with Crippen molar-refractivity contribution < 1.29 is 25.5 Å². The molecule has 0 aromatic heterocycles. The van der Waals surface area contributed by atoms with Crippen LogP contribution in [0.15, 0.2) is 0 Å². The van der Waals surface area contributed by atoms with Crippen LogP contribution in [-0.4, -0.2) is 30.1 Å². The average molecular weight is 152 g/mol. The van der Waals surface area contributed by atoms with Gasteiger partial charge < -0.3 is 14.6 Å². The quantitative estimate of drug-likeness (QED) is 0.536. The van der Waals surface area contributed by atoms with Crippen LogP contribution in [0, 0.1) is 5.89 Å². The van der Waals surface area contributed by atoms with E-state index in [9.17, 15) is 5.11 Å². The summed E-state index contributed by atoms with van der Waals surface area (Å²) in [6.45, 7) is -5.18. The molecule has 2 fully saturated rings. The molecule has 0 unspecified atom stereocenters. The van der Waals surface area contributed by atoms with E-state index in [1.165, 1.54) is 0 Å². The minimum Gasteiger partial charge on any atom is -0.387 e. The molecule has 3 atom stereocenters. The summed E-state index contributed by atoms with van der Waals surface area (Å²) < 4.78 is 69.5.